The van der Waals surface area contributed by atoms with Gasteiger partial charge < -0.3 is 11.1 Å². The third-order valence-electron chi connectivity index (χ3n) is 5.23. The van der Waals surface area contributed by atoms with E-state index in [-0.39, 0.29) is 41.0 Å². The van der Waals surface area contributed by atoms with Crippen LogP contribution in [-0.2, 0) is 14.8 Å². The molecule has 0 bridgehead atoms. The van der Waals surface area contributed by atoms with E-state index in [1.54, 1.807) is 24.3 Å². The number of nitrogens with zero attached hydrogens (tertiary/aromatic N) is 1. The lowest BCUT2D eigenvalue weighted by Crippen LogP contribution is -2.45. The molecule has 1 amide bonds. The third kappa shape index (κ3) is 4.85. The number of aliphatic imine (C=N–C) groups is 1. The van der Waals surface area contributed by atoms with Crippen molar-refractivity contribution in [3.05, 3.63) is 29.8 Å². The number of hydrogen-bond donors (Lipinski definition) is 3. The molecule has 9 heteroatoms. The fraction of sp³-hybridized carbons (Fsp3) is 0.579. The molecule has 1 saturated carbocycles. The van der Waals surface area contributed by atoms with E-state index in [0.717, 1.165) is 19.3 Å². The summed E-state index contributed by atoms with van der Waals surface area (Å²) in [6.45, 7) is 4.60. The van der Waals surface area contributed by atoms with Crippen molar-refractivity contribution in [3.8, 4) is 0 Å². The Morgan fingerprint density at radius 2 is 2.04 bits per heavy atom. The minimum absolute atomic E-state index is 0. The molecule has 3 atom stereocenters. The molecular formula is C19H29ClN4O3S. The predicted molar refractivity (Wildman–Crippen MR) is 112 cm³/mol. The van der Waals surface area contributed by atoms with Crippen molar-refractivity contribution in [2.45, 2.75) is 56.5 Å². The summed E-state index contributed by atoms with van der Waals surface area (Å²) in [4.78, 5) is 17.7. The highest BCUT2D eigenvalue weighted by atomic mass is 35.5. The zero-order valence-corrected chi connectivity index (χ0v) is 17.9. The van der Waals surface area contributed by atoms with Crippen LogP contribution in [0.15, 0.2) is 34.2 Å². The molecule has 0 spiro atoms. The number of nitrogens with two attached hydrogens (primary N) is 1. The zero-order chi connectivity index (χ0) is 19.6. The van der Waals surface area contributed by atoms with E-state index >= 15 is 0 Å². The van der Waals surface area contributed by atoms with E-state index in [1.807, 2.05) is 13.8 Å². The van der Waals surface area contributed by atoms with Crippen molar-refractivity contribution in [2.24, 2.45) is 22.6 Å². The zero-order valence-electron chi connectivity index (χ0n) is 16.2. The average molecular weight is 429 g/mol. The monoisotopic (exact) mass is 428 g/mol. The molecule has 3 rings (SSSR count). The Kier molecular flexibility index (Phi) is 7.47. The maximum absolute atomic E-state index is 12.9. The van der Waals surface area contributed by atoms with Gasteiger partial charge in [-0.15, -0.1) is 12.4 Å². The molecule has 156 valence electrons. The van der Waals surface area contributed by atoms with Crippen LogP contribution in [0.25, 0.3) is 0 Å². The van der Waals surface area contributed by atoms with Gasteiger partial charge in [0.1, 0.15) is 11.9 Å². The molecule has 3 unspecified atom stereocenters. The number of fused-ring (bicyclic) bond motifs is 1. The van der Waals surface area contributed by atoms with Crippen molar-refractivity contribution >= 4 is 34.2 Å². The number of rotatable bonds is 6. The molecule has 28 heavy (non-hydrogen) atoms. The highest BCUT2D eigenvalue weighted by Gasteiger charge is 2.33. The number of benzene rings is 1. The number of amides is 1. The first-order valence-corrected chi connectivity index (χ1v) is 11.0. The molecule has 1 aliphatic heterocycles. The van der Waals surface area contributed by atoms with Gasteiger partial charge in [0.2, 0.25) is 5.91 Å². The second kappa shape index (κ2) is 9.24. The van der Waals surface area contributed by atoms with Gasteiger partial charge in [-0.2, -0.15) is 0 Å². The fourth-order valence-corrected chi connectivity index (χ4v) is 5.08. The van der Waals surface area contributed by atoms with Crippen LogP contribution >= 0.6 is 12.4 Å². The average Bonchev–Trinajstić information content (AvgIpc) is 3.16. The van der Waals surface area contributed by atoms with E-state index in [9.17, 15) is 13.2 Å². The van der Waals surface area contributed by atoms with Crippen molar-refractivity contribution in [2.75, 3.05) is 6.54 Å². The second-order valence-electron chi connectivity index (χ2n) is 7.77. The second-order valence-corrected chi connectivity index (χ2v) is 9.42. The summed E-state index contributed by atoms with van der Waals surface area (Å²) in [6, 6.07) is 6.11. The molecule has 0 saturated heterocycles. The van der Waals surface area contributed by atoms with E-state index in [2.05, 4.69) is 15.0 Å². The van der Waals surface area contributed by atoms with E-state index in [0.29, 0.717) is 24.4 Å². The summed E-state index contributed by atoms with van der Waals surface area (Å²) in [6.07, 6.45) is 3.55. The van der Waals surface area contributed by atoms with Crippen LogP contribution in [0, 0.1) is 11.8 Å². The third-order valence-corrected chi connectivity index (χ3v) is 6.63. The molecule has 4 N–H and O–H groups in total. The smallest absolute Gasteiger partial charge is 0.263 e. The first kappa shape index (κ1) is 22.6. The van der Waals surface area contributed by atoms with Gasteiger partial charge in [0.05, 0.1) is 4.90 Å². The Morgan fingerprint density at radius 3 is 2.71 bits per heavy atom. The molecule has 1 aromatic carbocycles. The number of carbonyl (C=O) groups is 1. The Balaban J connectivity index is 0.00000280. The van der Waals surface area contributed by atoms with Gasteiger partial charge in [-0.1, -0.05) is 32.4 Å². The largest absolute Gasteiger partial charge is 0.351 e. The summed E-state index contributed by atoms with van der Waals surface area (Å²) < 4.78 is 27.1. The molecular weight excluding hydrogens is 400 g/mol. The Morgan fingerprint density at radius 1 is 1.32 bits per heavy atom. The number of amidine groups is 1. The standard InChI is InChI=1S/C19H28N4O3S.ClH/c1-12(2)10-16(19(24)22-15-8-5-6-13(15)11-20)21-18-14-7-3-4-9-17(14)27(25,26)23-18;/h3-4,7,9,12-13,15-16H,5-6,8,10-11,20H2,1-2H3,(H,21,23)(H,22,24);1H. The van der Waals surface area contributed by atoms with Gasteiger partial charge in [-0.05, 0) is 49.8 Å². The Hall–Kier alpha value is -1.64. The Bertz CT molecular complexity index is 841. The lowest BCUT2D eigenvalue weighted by molar-refractivity contribution is -0.123. The maximum Gasteiger partial charge on any atom is 0.263 e. The van der Waals surface area contributed by atoms with E-state index in [1.165, 1.54) is 0 Å². The molecule has 1 aliphatic carbocycles. The predicted octanol–water partition coefficient (Wildman–Crippen LogP) is 1.81. The van der Waals surface area contributed by atoms with Gasteiger partial charge >= 0.3 is 0 Å². The molecule has 2 aliphatic rings. The summed E-state index contributed by atoms with van der Waals surface area (Å²) >= 11 is 0. The van der Waals surface area contributed by atoms with Crippen LogP contribution in [0.4, 0.5) is 0 Å². The van der Waals surface area contributed by atoms with Crippen molar-refractivity contribution in [3.63, 3.8) is 0 Å². The first-order valence-electron chi connectivity index (χ1n) is 9.52. The first-order chi connectivity index (χ1) is 12.8. The van der Waals surface area contributed by atoms with E-state index < -0.39 is 16.1 Å². The summed E-state index contributed by atoms with van der Waals surface area (Å²) in [5.41, 5.74) is 6.33. The number of carbonyl (C=O) groups excluding carboxylic acids is 1. The maximum atomic E-state index is 12.9. The van der Waals surface area contributed by atoms with Gasteiger partial charge in [-0.25, -0.2) is 8.42 Å². The fourth-order valence-electron chi connectivity index (χ4n) is 3.84. The summed E-state index contributed by atoms with van der Waals surface area (Å²) in [5, 5.41) is 3.10. The van der Waals surface area contributed by atoms with Crippen molar-refractivity contribution in [1.82, 2.24) is 10.0 Å². The number of nitrogens with one attached hydrogen (secondary N) is 2. The van der Waals surface area contributed by atoms with Crippen LogP contribution in [0.2, 0.25) is 0 Å². The molecule has 1 aromatic rings. The SMILES string of the molecule is CC(C)CC(N=C1NS(=O)(=O)c2ccccc21)C(=O)NC1CCCC1CN.Cl. The molecule has 7 nitrogen and oxygen atoms in total. The highest BCUT2D eigenvalue weighted by molar-refractivity contribution is 7.90. The van der Waals surface area contributed by atoms with Crippen LogP contribution in [-0.4, -0.2) is 38.8 Å². The van der Waals surface area contributed by atoms with Gasteiger partial charge in [-0.3, -0.25) is 14.5 Å². The Labute approximate surface area is 173 Å². The molecule has 1 heterocycles. The lowest BCUT2D eigenvalue weighted by atomic mass is 10.0. The quantitative estimate of drug-likeness (QED) is 0.640. The highest BCUT2D eigenvalue weighted by Crippen LogP contribution is 2.26. The van der Waals surface area contributed by atoms with Gasteiger partial charge in [0, 0.05) is 11.6 Å². The van der Waals surface area contributed by atoms with Crippen LogP contribution in [0.5, 0.6) is 0 Å². The molecule has 1 fully saturated rings. The van der Waals surface area contributed by atoms with Crippen LogP contribution < -0.4 is 15.8 Å². The van der Waals surface area contributed by atoms with Crippen molar-refractivity contribution < 1.29 is 13.2 Å². The normalized spacial score (nSPS) is 25.1. The lowest BCUT2D eigenvalue weighted by Gasteiger charge is -2.23. The number of sulfonamides is 1. The van der Waals surface area contributed by atoms with Crippen LogP contribution in [0.1, 0.15) is 45.1 Å². The molecule has 0 aromatic heterocycles. The summed E-state index contributed by atoms with van der Waals surface area (Å²) in [5.74, 6) is 0.623. The minimum Gasteiger partial charge on any atom is -0.351 e. The van der Waals surface area contributed by atoms with Gasteiger partial charge in [0.15, 0.2) is 0 Å². The van der Waals surface area contributed by atoms with E-state index in [4.69, 9.17) is 5.73 Å². The van der Waals surface area contributed by atoms with Crippen LogP contribution in [0.3, 0.4) is 0 Å². The number of hydrogen-bond acceptors (Lipinski definition) is 5. The summed E-state index contributed by atoms with van der Waals surface area (Å²) in [7, 11) is -3.62. The minimum atomic E-state index is -3.62. The van der Waals surface area contributed by atoms with Crippen molar-refractivity contribution in [1.29, 1.82) is 0 Å². The van der Waals surface area contributed by atoms with Gasteiger partial charge in [0.25, 0.3) is 10.0 Å². The topological polar surface area (TPSA) is 114 Å². The number of halogens is 1. The molecule has 0 radical (unpaired) electrons.